The Kier molecular flexibility index (Phi) is 5.60. The molecule has 3 nitrogen and oxygen atoms in total. The molecule has 0 aromatic rings. The van der Waals surface area contributed by atoms with E-state index in [1.54, 1.807) is 0 Å². The highest BCUT2D eigenvalue weighted by atomic mass is 79.9. The van der Waals surface area contributed by atoms with E-state index in [-0.39, 0.29) is 11.9 Å². The third-order valence-corrected chi connectivity index (χ3v) is 3.83. The molecule has 0 radical (unpaired) electrons. The van der Waals surface area contributed by atoms with E-state index >= 15 is 0 Å². The van der Waals surface area contributed by atoms with Gasteiger partial charge in [-0.1, -0.05) is 28.1 Å². The van der Waals surface area contributed by atoms with Crippen LogP contribution in [0.5, 0.6) is 0 Å². The molecule has 0 spiro atoms. The lowest BCUT2D eigenvalue weighted by Crippen LogP contribution is -2.25. The third kappa shape index (κ3) is 3.77. The van der Waals surface area contributed by atoms with Gasteiger partial charge < -0.3 is 9.47 Å². The van der Waals surface area contributed by atoms with Crippen LogP contribution in [0, 0.1) is 0 Å². The second-order valence-corrected chi connectivity index (χ2v) is 5.16. The van der Waals surface area contributed by atoms with E-state index in [2.05, 4.69) is 22.0 Å². The topological polar surface area (TPSA) is 35.5 Å². The second-order valence-electron chi connectivity index (χ2n) is 4.60. The SMILES string of the molecule is O=C(CBr)C1=CCCC=C1COC1CCOCC1. The fraction of sp³-hybridized carbons (Fsp3) is 0.643. The first-order valence-corrected chi connectivity index (χ1v) is 7.61. The maximum absolute atomic E-state index is 11.8. The van der Waals surface area contributed by atoms with Crippen LogP contribution in [-0.2, 0) is 14.3 Å². The van der Waals surface area contributed by atoms with E-state index in [0.29, 0.717) is 11.9 Å². The van der Waals surface area contributed by atoms with Crippen molar-refractivity contribution in [3.63, 3.8) is 0 Å². The number of hydrogen-bond acceptors (Lipinski definition) is 3. The highest BCUT2D eigenvalue weighted by molar-refractivity contribution is 9.09. The summed E-state index contributed by atoms with van der Waals surface area (Å²) in [6.07, 6.45) is 8.32. The minimum absolute atomic E-state index is 0.150. The number of hydrogen-bond donors (Lipinski definition) is 0. The zero-order valence-corrected chi connectivity index (χ0v) is 12.1. The average Bonchev–Trinajstić information content (AvgIpc) is 2.45. The number of rotatable bonds is 5. The standard InChI is InChI=1S/C14H19BrO3/c15-9-14(16)13-4-2-1-3-11(13)10-18-12-5-7-17-8-6-12/h3-4,12H,1-2,5-10H2. The van der Waals surface area contributed by atoms with Gasteiger partial charge in [0.2, 0.25) is 0 Å². The Morgan fingerprint density at radius 1 is 1.33 bits per heavy atom. The molecule has 0 N–H and O–H groups in total. The van der Waals surface area contributed by atoms with E-state index in [1.807, 2.05) is 6.08 Å². The zero-order chi connectivity index (χ0) is 12.8. The summed E-state index contributed by atoms with van der Waals surface area (Å²) >= 11 is 3.23. The van der Waals surface area contributed by atoms with Crippen molar-refractivity contribution in [2.75, 3.05) is 25.2 Å². The molecule has 0 bridgehead atoms. The minimum atomic E-state index is 0.150. The van der Waals surface area contributed by atoms with Crippen LogP contribution in [-0.4, -0.2) is 37.0 Å². The van der Waals surface area contributed by atoms with E-state index in [1.165, 1.54) is 0 Å². The molecule has 0 unspecified atom stereocenters. The Morgan fingerprint density at radius 2 is 2.06 bits per heavy atom. The molecule has 2 aliphatic rings. The third-order valence-electron chi connectivity index (χ3n) is 3.32. The van der Waals surface area contributed by atoms with Gasteiger partial charge >= 0.3 is 0 Å². The van der Waals surface area contributed by atoms with E-state index in [4.69, 9.17) is 9.47 Å². The fourth-order valence-electron chi connectivity index (χ4n) is 2.28. The van der Waals surface area contributed by atoms with Crippen molar-refractivity contribution < 1.29 is 14.3 Å². The molecule has 0 atom stereocenters. The molecule has 100 valence electrons. The van der Waals surface area contributed by atoms with Gasteiger partial charge in [-0.3, -0.25) is 4.79 Å². The lowest BCUT2D eigenvalue weighted by atomic mass is 9.95. The average molecular weight is 315 g/mol. The first-order valence-electron chi connectivity index (χ1n) is 6.49. The van der Waals surface area contributed by atoms with Crippen molar-refractivity contribution >= 4 is 21.7 Å². The van der Waals surface area contributed by atoms with Crippen molar-refractivity contribution in [1.82, 2.24) is 0 Å². The summed E-state index contributed by atoms with van der Waals surface area (Å²) in [4.78, 5) is 11.8. The van der Waals surface area contributed by atoms with Crippen molar-refractivity contribution in [1.29, 1.82) is 0 Å². The molecule has 1 saturated heterocycles. The van der Waals surface area contributed by atoms with Crippen molar-refractivity contribution in [2.45, 2.75) is 31.8 Å². The Balaban J connectivity index is 1.88. The molecular formula is C14H19BrO3. The summed E-state index contributed by atoms with van der Waals surface area (Å²) in [5, 5.41) is 0.382. The number of alkyl halides is 1. The molecule has 2 rings (SSSR count). The van der Waals surface area contributed by atoms with Crippen molar-refractivity contribution in [3.05, 3.63) is 23.3 Å². The maximum Gasteiger partial charge on any atom is 0.173 e. The van der Waals surface area contributed by atoms with Crippen LogP contribution in [0.1, 0.15) is 25.7 Å². The molecule has 4 heteroatoms. The minimum Gasteiger partial charge on any atom is -0.381 e. The maximum atomic E-state index is 11.8. The van der Waals surface area contributed by atoms with Gasteiger partial charge in [0.25, 0.3) is 0 Å². The van der Waals surface area contributed by atoms with Gasteiger partial charge in [0.15, 0.2) is 5.78 Å². The normalized spacial score (nSPS) is 21.4. The van der Waals surface area contributed by atoms with Gasteiger partial charge in [-0.05, 0) is 31.3 Å². The summed E-state index contributed by atoms with van der Waals surface area (Å²) < 4.78 is 11.2. The highest BCUT2D eigenvalue weighted by Crippen LogP contribution is 2.22. The molecule has 1 fully saturated rings. The summed E-state index contributed by atoms with van der Waals surface area (Å²) in [5.74, 6) is 0.150. The first kappa shape index (κ1) is 14.0. The number of carbonyl (C=O) groups is 1. The molecule has 0 saturated carbocycles. The predicted molar refractivity (Wildman–Crippen MR) is 74.0 cm³/mol. The van der Waals surface area contributed by atoms with Gasteiger partial charge in [0, 0.05) is 18.8 Å². The van der Waals surface area contributed by atoms with Gasteiger partial charge in [-0.2, -0.15) is 0 Å². The molecule has 0 amide bonds. The molecule has 1 aliphatic heterocycles. The number of halogens is 1. The van der Waals surface area contributed by atoms with Gasteiger partial charge in [0.05, 0.1) is 18.0 Å². The number of ether oxygens (including phenoxy) is 2. The van der Waals surface area contributed by atoms with Crippen LogP contribution in [0.2, 0.25) is 0 Å². The van der Waals surface area contributed by atoms with E-state index in [9.17, 15) is 4.79 Å². The Morgan fingerprint density at radius 3 is 2.78 bits per heavy atom. The predicted octanol–water partition coefficient (Wildman–Crippen LogP) is 2.79. The molecular weight excluding hydrogens is 296 g/mol. The Bertz CT molecular complexity index is 354. The number of carbonyl (C=O) groups excluding carboxylic acids is 1. The fourth-order valence-corrected chi connectivity index (χ4v) is 2.58. The number of allylic oxidation sites excluding steroid dienone is 2. The van der Waals surface area contributed by atoms with Crippen LogP contribution in [0.15, 0.2) is 23.3 Å². The van der Waals surface area contributed by atoms with E-state index in [0.717, 1.165) is 50.0 Å². The quantitative estimate of drug-likeness (QED) is 0.732. The smallest absolute Gasteiger partial charge is 0.173 e. The Labute approximate surface area is 116 Å². The lowest BCUT2D eigenvalue weighted by molar-refractivity contribution is -0.113. The van der Waals surface area contributed by atoms with Crippen LogP contribution in [0.4, 0.5) is 0 Å². The van der Waals surface area contributed by atoms with Crippen LogP contribution >= 0.6 is 15.9 Å². The molecule has 0 aromatic heterocycles. The van der Waals surface area contributed by atoms with Crippen molar-refractivity contribution in [3.8, 4) is 0 Å². The van der Waals surface area contributed by atoms with Crippen LogP contribution < -0.4 is 0 Å². The Hall–Kier alpha value is -0.450. The largest absolute Gasteiger partial charge is 0.381 e. The van der Waals surface area contributed by atoms with E-state index < -0.39 is 0 Å². The summed E-state index contributed by atoms with van der Waals surface area (Å²) in [7, 11) is 0. The summed E-state index contributed by atoms with van der Waals surface area (Å²) in [6.45, 7) is 2.12. The van der Waals surface area contributed by atoms with Gasteiger partial charge in [0.1, 0.15) is 0 Å². The number of Topliss-reactive ketones (excluding diaryl/α,β-unsaturated/α-hetero) is 1. The highest BCUT2D eigenvalue weighted by Gasteiger charge is 2.19. The van der Waals surface area contributed by atoms with Gasteiger partial charge in [-0.25, -0.2) is 0 Å². The van der Waals surface area contributed by atoms with Crippen LogP contribution in [0.3, 0.4) is 0 Å². The molecule has 18 heavy (non-hydrogen) atoms. The zero-order valence-electron chi connectivity index (χ0n) is 10.5. The molecule has 0 aromatic carbocycles. The van der Waals surface area contributed by atoms with Crippen molar-refractivity contribution in [2.24, 2.45) is 0 Å². The van der Waals surface area contributed by atoms with Gasteiger partial charge in [-0.15, -0.1) is 0 Å². The molecule has 1 heterocycles. The molecule has 1 aliphatic carbocycles. The second kappa shape index (κ2) is 7.22. The lowest BCUT2D eigenvalue weighted by Gasteiger charge is -2.24. The summed E-state index contributed by atoms with van der Waals surface area (Å²) in [6, 6.07) is 0. The summed E-state index contributed by atoms with van der Waals surface area (Å²) in [5.41, 5.74) is 1.89. The first-order chi connectivity index (χ1) is 8.81. The van der Waals surface area contributed by atoms with Crippen LogP contribution in [0.25, 0.3) is 0 Å². The number of ketones is 1. The monoisotopic (exact) mass is 314 g/mol.